The number of rotatable bonds is 6. The second kappa shape index (κ2) is 7.53. The highest BCUT2D eigenvalue weighted by molar-refractivity contribution is 7.89. The van der Waals surface area contributed by atoms with Gasteiger partial charge in [-0.25, -0.2) is 22.3 Å². The van der Waals surface area contributed by atoms with E-state index in [0.717, 1.165) is 23.9 Å². The van der Waals surface area contributed by atoms with Crippen LogP contribution in [0.15, 0.2) is 48.7 Å². The van der Waals surface area contributed by atoms with Gasteiger partial charge in [0.25, 0.3) is 0 Å². The number of amides is 2. The second-order valence-electron chi connectivity index (χ2n) is 9.04. The van der Waals surface area contributed by atoms with E-state index < -0.39 is 10.0 Å². The van der Waals surface area contributed by atoms with Crippen molar-refractivity contribution in [2.45, 2.75) is 18.9 Å². The van der Waals surface area contributed by atoms with Crippen molar-refractivity contribution < 1.29 is 17.6 Å². The monoisotopic (exact) mass is 469 g/mol. The molecule has 1 saturated carbocycles. The van der Waals surface area contributed by atoms with Crippen LogP contribution in [-0.4, -0.2) is 71.4 Å². The highest BCUT2D eigenvalue weighted by atomic mass is 32.2. The molecule has 2 amide bonds. The summed E-state index contributed by atoms with van der Waals surface area (Å²) < 4.78 is 42.3. The van der Waals surface area contributed by atoms with Crippen LogP contribution < -0.4 is 4.90 Å². The van der Waals surface area contributed by atoms with E-state index in [4.69, 9.17) is 0 Å². The number of halogens is 1. The molecule has 6 rings (SSSR count). The number of carbonyl (C=O) groups excluding carboxylic acids is 1. The Kier molecular flexibility index (Phi) is 4.70. The minimum atomic E-state index is -3.22. The van der Waals surface area contributed by atoms with Crippen LogP contribution >= 0.6 is 0 Å². The van der Waals surface area contributed by atoms with E-state index in [1.54, 1.807) is 38.9 Å². The van der Waals surface area contributed by atoms with Gasteiger partial charge in [0.1, 0.15) is 11.5 Å². The van der Waals surface area contributed by atoms with Gasteiger partial charge >= 0.3 is 6.03 Å². The number of sulfonamides is 1. The van der Waals surface area contributed by atoms with Gasteiger partial charge in [-0.15, -0.1) is 0 Å². The number of aromatic nitrogens is 2. The quantitative estimate of drug-likeness (QED) is 0.556. The first-order valence-electron chi connectivity index (χ1n) is 11.2. The zero-order valence-electron chi connectivity index (χ0n) is 18.0. The fourth-order valence-electron chi connectivity index (χ4n) is 4.73. The van der Waals surface area contributed by atoms with Crippen LogP contribution in [0.3, 0.4) is 0 Å². The summed E-state index contributed by atoms with van der Waals surface area (Å²) in [6, 6.07) is 11.8. The minimum Gasteiger partial charge on any atom is -0.317 e. The summed E-state index contributed by atoms with van der Waals surface area (Å²) in [5.41, 5.74) is 1.78. The number of hydrogen-bond donors (Lipinski definition) is 0. The first-order chi connectivity index (χ1) is 15.9. The maximum atomic E-state index is 14.3. The van der Waals surface area contributed by atoms with Gasteiger partial charge in [-0.1, -0.05) is 18.2 Å². The highest BCUT2D eigenvalue weighted by Gasteiger charge is 2.45. The summed E-state index contributed by atoms with van der Waals surface area (Å²) in [7, 11) is -3.22. The lowest BCUT2D eigenvalue weighted by Gasteiger charge is -2.42. The first kappa shape index (κ1) is 20.6. The summed E-state index contributed by atoms with van der Waals surface area (Å²) >= 11 is 0. The molecule has 33 heavy (non-hydrogen) atoms. The molecule has 3 fully saturated rings. The first-order valence-corrected chi connectivity index (χ1v) is 12.8. The zero-order chi connectivity index (χ0) is 22.7. The number of nitrogens with zero attached hydrogens (tertiary/aromatic N) is 5. The Morgan fingerprint density at radius 3 is 2.52 bits per heavy atom. The lowest BCUT2D eigenvalue weighted by atomic mass is 10.1. The van der Waals surface area contributed by atoms with Gasteiger partial charge in [0.2, 0.25) is 10.0 Å². The number of fused-ring (bicyclic) bond motifs is 1. The molecule has 1 aliphatic carbocycles. The predicted octanol–water partition coefficient (Wildman–Crippen LogP) is 2.83. The van der Waals surface area contributed by atoms with E-state index in [9.17, 15) is 17.6 Å². The van der Waals surface area contributed by atoms with Crippen molar-refractivity contribution in [3.8, 4) is 5.69 Å². The normalized spacial score (nSPS) is 20.1. The molecule has 3 heterocycles. The Morgan fingerprint density at radius 1 is 1.00 bits per heavy atom. The van der Waals surface area contributed by atoms with Crippen LogP contribution in [0.25, 0.3) is 16.6 Å². The van der Waals surface area contributed by atoms with Gasteiger partial charge in [-0.2, -0.15) is 9.40 Å². The average Bonchev–Trinajstić information content (AvgIpc) is 3.32. The maximum absolute atomic E-state index is 14.3. The average molecular weight is 470 g/mol. The van der Waals surface area contributed by atoms with E-state index in [-0.39, 0.29) is 23.6 Å². The molecule has 2 aliphatic heterocycles. The molecule has 0 atom stereocenters. The molecule has 3 aromatic rings. The molecule has 10 heteroatoms. The third-order valence-corrected chi connectivity index (χ3v) is 8.79. The molecule has 8 nitrogen and oxygen atoms in total. The van der Waals surface area contributed by atoms with Gasteiger partial charge in [0, 0.05) is 31.6 Å². The number of benzene rings is 2. The third kappa shape index (κ3) is 3.48. The summed E-state index contributed by atoms with van der Waals surface area (Å²) in [5, 5.41) is 5.14. The molecule has 0 N–H and O–H groups in total. The number of urea groups is 1. The maximum Gasteiger partial charge on any atom is 0.324 e. The lowest BCUT2D eigenvalue weighted by Crippen LogP contribution is -2.62. The van der Waals surface area contributed by atoms with Gasteiger partial charge < -0.3 is 4.90 Å². The van der Waals surface area contributed by atoms with E-state index in [0.29, 0.717) is 43.3 Å². The minimum absolute atomic E-state index is 0.100. The standard InChI is InChI=1S/C23H24FN5O3S/c24-19-4-1-2-5-22(19)29-21-7-3-6-20(18(21)12-25-29)28-11-10-27(23(28)30)17-13-26(14-17)33(31,32)15-16-8-9-16/h1-7,12,16-17H,8-11,13-15H2. The Morgan fingerprint density at radius 2 is 1.76 bits per heavy atom. The summed E-state index contributed by atoms with van der Waals surface area (Å²) in [4.78, 5) is 16.7. The van der Waals surface area contributed by atoms with Crippen molar-refractivity contribution in [1.29, 1.82) is 0 Å². The highest BCUT2D eigenvalue weighted by Crippen LogP contribution is 2.35. The van der Waals surface area contributed by atoms with Gasteiger partial charge in [0.05, 0.1) is 29.2 Å². The zero-order valence-corrected chi connectivity index (χ0v) is 18.8. The van der Waals surface area contributed by atoms with Crippen LogP contribution in [0.5, 0.6) is 0 Å². The Hall–Kier alpha value is -2.98. The number of para-hydroxylation sites is 1. The molecule has 0 radical (unpaired) electrons. The Bertz CT molecular complexity index is 1350. The number of hydrogen-bond acceptors (Lipinski definition) is 4. The largest absolute Gasteiger partial charge is 0.324 e. The molecular formula is C23H24FN5O3S. The lowest BCUT2D eigenvalue weighted by molar-refractivity contribution is 0.125. The van der Waals surface area contributed by atoms with E-state index in [1.165, 1.54) is 10.4 Å². The molecule has 0 spiro atoms. The van der Waals surface area contributed by atoms with Crippen molar-refractivity contribution in [3.05, 3.63) is 54.5 Å². The Labute approximate surface area is 191 Å². The molecule has 2 aromatic carbocycles. The molecule has 2 saturated heterocycles. The molecule has 172 valence electrons. The van der Waals surface area contributed by atoms with Crippen LogP contribution in [-0.2, 0) is 10.0 Å². The van der Waals surface area contributed by atoms with Gasteiger partial charge in [0.15, 0.2) is 0 Å². The smallest absolute Gasteiger partial charge is 0.317 e. The van der Waals surface area contributed by atoms with Gasteiger partial charge in [-0.3, -0.25) is 4.90 Å². The summed E-state index contributed by atoms with van der Waals surface area (Å²) in [6.07, 6.45) is 3.65. The number of anilines is 1. The number of carbonyl (C=O) groups is 1. The molecule has 0 bridgehead atoms. The predicted molar refractivity (Wildman–Crippen MR) is 122 cm³/mol. The van der Waals surface area contributed by atoms with E-state index in [1.807, 2.05) is 18.2 Å². The van der Waals surface area contributed by atoms with Crippen LogP contribution in [0, 0.1) is 11.7 Å². The van der Waals surface area contributed by atoms with E-state index in [2.05, 4.69) is 5.10 Å². The third-order valence-electron chi connectivity index (χ3n) is 6.81. The van der Waals surface area contributed by atoms with Crippen LogP contribution in [0.4, 0.5) is 14.9 Å². The molecular weight excluding hydrogens is 445 g/mol. The molecule has 0 unspecified atom stereocenters. The van der Waals surface area contributed by atoms with Crippen molar-refractivity contribution in [1.82, 2.24) is 19.0 Å². The molecule has 3 aliphatic rings. The van der Waals surface area contributed by atoms with Crippen molar-refractivity contribution in [3.63, 3.8) is 0 Å². The fourth-order valence-corrected chi connectivity index (χ4v) is 6.67. The van der Waals surface area contributed by atoms with Crippen LogP contribution in [0.2, 0.25) is 0 Å². The fraction of sp³-hybridized carbons (Fsp3) is 0.391. The molecule has 1 aromatic heterocycles. The van der Waals surface area contributed by atoms with Crippen LogP contribution in [0.1, 0.15) is 12.8 Å². The summed E-state index contributed by atoms with van der Waals surface area (Å²) in [5.74, 6) is 0.166. The van der Waals surface area contributed by atoms with Gasteiger partial charge in [-0.05, 0) is 43.0 Å². The van der Waals surface area contributed by atoms with Crippen molar-refractivity contribution in [2.24, 2.45) is 5.92 Å². The Balaban J connectivity index is 1.22. The van der Waals surface area contributed by atoms with Crippen molar-refractivity contribution in [2.75, 3.05) is 36.8 Å². The van der Waals surface area contributed by atoms with E-state index >= 15 is 0 Å². The van der Waals surface area contributed by atoms with Crippen molar-refractivity contribution >= 4 is 32.6 Å². The topological polar surface area (TPSA) is 78.8 Å². The SMILES string of the molecule is O=C1N(c2cccc3c2cnn3-c2ccccc2F)CCN1C1CN(S(=O)(=O)CC2CC2)C1. The second-order valence-corrected chi connectivity index (χ2v) is 11.1. The summed E-state index contributed by atoms with van der Waals surface area (Å²) in [6.45, 7) is 1.78.